The topological polar surface area (TPSA) is 198 Å². The van der Waals surface area contributed by atoms with Gasteiger partial charge in [0.1, 0.15) is 41.4 Å². The van der Waals surface area contributed by atoms with E-state index in [1.165, 1.54) is 19.1 Å². The molecule has 71 heavy (non-hydrogen) atoms. The van der Waals surface area contributed by atoms with Crippen LogP contribution in [0.4, 0.5) is 14.0 Å². The number of hydrogen-bond donors (Lipinski definition) is 4. The summed E-state index contributed by atoms with van der Waals surface area (Å²) in [6.07, 6.45) is 1.84. The minimum atomic E-state index is -1.26. The van der Waals surface area contributed by atoms with Crippen LogP contribution in [0.2, 0.25) is 0 Å². The number of aromatic nitrogens is 5. The first kappa shape index (κ1) is 48.6. The molecule has 3 aromatic heterocycles. The Bertz CT molecular complexity index is 2940. The number of likely N-dealkylation sites (tertiary alicyclic amines) is 2. The number of methoxy groups -OCH3 is 2. The molecular formula is C53H62FN9O8. The van der Waals surface area contributed by atoms with E-state index in [2.05, 4.69) is 62.2 Å². The smallest absolute Gasteiger partial charge is 0.407 e. The summed E-state index contributed by atoms with van der Waals surface area (Å²) in [4.78, 5) is 71.6. The van der Waals surface area contributed by atoms with Crippen LogP contribution >= 0.6 is 0 Å². The number of benzene rings is 3. The predicted octanol–water partition coefficient (Wildman–Crippen LogP) is 9.10. The van der Waals surface area contributed by atoms with Crippen molar-refractivity contribution >= 4 is 34.9 Å². The maximum absolute atomic E-state index is 15.1. The van der Waals surface area contributed by atoms with E-state index in [0.717, 1.165) is 63.1 Å². The summed E-state index contributed by atoms with van der Waals surface area (Å²) in [5.41, 5.74) is 6.80. The molecule has 6 aromatic rings. The Kier molecular flexibility index (Phi) is 13.8. The number of amides is 4. The zero-order valence-electron chi connectivity index (χ0n) is 41.3. The molecule has 3 aromatic carbocycles. The number of carbonyl (C=O) groups excluding carboxylic acids is 4. The Morgan fingerprint density at radius 2 is 1.42 bits per heavy atom. The fourth-order valence-corrected chi connectivity index (χ4v) is 9.94. The summed E-state index contributed by atoms with van der Waals surface area (Å²) >= 11 is 0. The molecule has 18 heteroatoms. The molecule has 2 fully saturated rings. The van der Waals surface area contributed by atoms with Crippen LogP contribution < -0.4 is 20.1 Å². The Labute approximate surface area is 411 Å². The number of hydrogen-bond acceptors (Lipinski definition) is 10. The summed E-state index contributed by atoms with van der Waals surface area (Å²) in [7, 11) is 2.51. The van der Waals surface area contributed by atoms with Gasteiger partial charge in [-0.15, -0.1) is 0 Å². The standard InChI is InChI=1S/C53H62FN9O8/c1-28(2)27-70-36-12-9-11-33(20-36)51-63-40-17-15-31(38-24-56-48(58-38)43-23-35(54)26-62(43)50(65)46(30(5)6)60-53(67)69-8)19-34(40)21-42(63)37-16-14-32(22-44(37)71-51)39-25-55-47(57-39)41-13-10-18-61(41)49(64)45(29(3)4)59-52(66)68-7/h9,11-12,14-17,19-22,24-25,28-30,35,41,43,45-46,51H,10,13,18,23,26-27H2,1-8H3,(H,55,57)(H,56,58)(H,59,66)(H,60,67). The highest BCUT2D eigenvalue weighted by Gasteiger charge is 2.42. The van der Waals surface area contributed by atoms with Crippen molar-refractivity contribution in [2.24, 2.45) is 17.8 Å². The summed E-state index contributed by atoms with van der Waals surface area (Å²) in [5, 5.41) is 6.27. The van der Waals surface area contributed by atoms with Crippen molar-refractivity contribution in [3.8, 4) is 45.3 Å². The number of nitrogens with zero attached hydrogens (tertiary/aromatic N) is 5. The molecule has 9 rings (SSSR count). The van der Waals surface area contributed by atoms with Gasteiger partial charge in [-0.25, -0.2) is 23.9 Å². The summed E-state index contributed by atoms with van der Waals surface area (Å²) in [5.74, 6) is 1.85. The first-order valence-electron chi connectivity index (χ1n) is 24.4. The van der Waals surface area contributed by atoms with Crippen molar-refractivity contribution in [2.75, 3.05) is 33.9 Å². The van der Waals surface area contributed by atoms with E-state index in [9.17, 15) is 19.2 Å². The minimum Gasteiger partial charge on any atom is -0.493 e. The molecule has 374 valence electrons. The number of carbonyl (C=O) groups is 4. The van der Waals surface area contributed by atoms with Gasteiger partial charge in [0.25, 0.3) is 0 Å². The van der Waals surface area contributed by atoms with Gasteiger partial charge in [-0.3, -0.25) is 9.59 Å². The van der Waals surface area contributed by atoms with E-state index in [-0.39, 0.29) is 36.8 Å². The first-order valence-corrected chi connectivity index (χ1v) is 24.4. The van der Waals surface area contributed by atoms with Crippen LogP contribution in [0.5, 0.6) is 11.5 Å². The van der Waals surface area contributed by atoms with Gasteiger partial charge < -0.3 is 53.9 Å². The van der Waals surface area contributed by atoms with Crippen LogP contribution in [0.25, 0.3) is 44.7 Å². The lowest BCUT2D eigenvalue weighted by atomic mass is 10.0. The Hall–Kier alpha value is -7.37. The molecule has 4 N–H and O–H groups in total. The van der Waals surface area contributed by atoms with Crippen molar-refractivity contribution in [3.63, 3.8) is 0 Å². The van der Waals surface area contributed by atoms with E-state index in [0.29, 0.717) is 42.2 Å². The second-order valence-electron chi connectivity index (χ2n) is 19.7. The minimum absolute atomic E-state index is 0.0668. The van der Waals surface area contributed by atoms with Gasteiger partial charge in [0.05, 0.1) is 74.4 Å². The maximum Gasteiger partial charge on any atom is 0.407 e. The van der Waals surface area contributed by atoms with Gasteiger partial charge in [0, 0.05) is 40.6 Å². The lowest BCUT2D eigenvalue weighted by molar-refractivity contribution is -0.136. The van der Waals surface area contributed by atoms with Crippen LogP contribution in [0.3, 0.4) is 0 Å². The maximum atomic E-state index is 15.1. The summed E-state index contributed by atoms with van der Waals surface area (Å²) < 4.78 is 40.1. The van der Waals surface area contributed by atoms with Crippen molar-refractivity contribution < 1.29 is 42.5 Å². The van der Waals surface area contributed by atoms with Gasteiger partial charge in [0.2, 0.25) is 18.0 Å². The van der Waals surface area contributed by atoms with Crippen molar-refractivity contribution in [2.45, 2.75) is 97.4 Å². The monoisotopic (exact) mass is 971 g/mol. The highest BCUT2D eigenvalue weighted by molar-refractivity contribution is 5.93. The van der Waals surface area contributed by atoms with Crippen LogP contribution in [0, 0.1) is 17.8 Å². The second kappa shape index (κ2) is 20.2. The van der Waals surface area contributed by atoms with Gasteiger partial charge in [-0.05, 0) is 73.1 Å². The van der Waals surface area contributed by atoms with E-state index >= 15 is 4.39 Å². The SMILES string of the molecule is COC(=O)NC(C(=O)N1CCCC1c1ncc(-c2ccc3c(c2)OC(c2cccc(OCC(C)C)c2)n2c-3cc3cc(-c4cnc(C5CC(F)CN5C(=O)C(NC(=O)OC)C(C)C)[nH]4)ccc32)[nH]1)C(C)C. The predicted molar refractivity (Wildman–Crippen MR) is 264 cm³/mol. The molecule has 4 amide bonds. The number of aromatic amines is 2. The molecule has 6 heterocycles. The molecule has 2 saturated heterocycles. The molecule has 0 aliphatic carbocycles. The average Bonchev–Trinajstić information content (AvgIpc) is 4.23. The highest BCUT2D eigenvalue weighted by Crippen LogP contribution is 2.47. The number of ether oxygens (including phenoxy) is 4. The van der Waals surface area contributed by atoms with Gasteiger partial charge in [-0.2, -0.15) is 0 Å². The quantitative estimate of drug-likeness (QED) is 0.0817. The summed E-state index contributed by atoms with van der Waals surface area (Å²) in [6.45, 7) is 12.6. The molecule has 0 saturated carbocycles. The van der Waals surface area contributed by atoms with Gasteiger partial charge in [0.15, 0.2) is 0 Å². The van der Waals surface area contributed by atoms with E-state index in [4.69, 9.17) is 23.9 Å². The number of rotatable bonds is 14. The third kappa shape index (κ3) is 9.75. The van der Waals surface area contributed by atoms with Crippen molar-refractivity contribution in [1.29, 1.82) is 0 Å². The third-order valence-electron chi connectivity index (χ3n) is 13.6. The number of H-pyrrole nitrogens is 2. The molecule has 3 aliphatic rings. The lowest BCUT2D eigenvalue weighted by Crippen LogP contribution is -2.51. The third-order valence-corrected chi connectivity index (χ3v) is 13.6. The zero-order valence-corrected chi connectivity index (χ0v) is 41.3. The van der Waals surface area contributed by atoms with Crippen LogP contribution in [0.1, 0.15) is 96.3 Å². The molecule has 3 aliphatic heterocycles. The first-order chi connectivity index (χ1) is 34.1. The molecule has 0 spiro atoms. The molecule has 6 atom stereocenters. The normalized spacial score (nSPS) is 19.4. The fraction of sp³-hybridized carbons (Fsp3) is 0.434. The fourth-order valence-electron chi connectivity index (χ4n) is 9.94. The highest BCUT2D eigenvalue weighted by atomic mass is 19.1. The molecule has 0 radical (unpaired) electrons. The van der Waals surface area contributed by atoms with Gasteiger partial charge in [-0.1, -0.05) is 65.8 Å². The number of fused-ring (bicyclic) bond motifs is 5. The Balaban J connectivity index is 1.04. The Morgan fingerprint density at radius 1 is 0.789 bits per heavy atom. The van der Waals surface area contributed by atoms with E-state index in [1.54, 1.807) is 17.3 Å². The number of alkyl halides is 1. The van der Waals surface area contributed by atoms with E-state index < -0.39 is 48.6 Å². The number of halogens is 1. The average molecular weight is 972 g/mol. The number of imidazole rings is 2. The molecule has 6 unspecified atom stereocenters. The number of alkyl carbamates (subject to hydrolysis) is 2. The lowest BCUT2D eigenvalue weighted by Gasteiger charge is -2.31. The van der Waals surface area contributed by atoms with Gasteiger partial charge >= 0.3 is 12.2 Å². The van der Waals surface area contributed by atoms with Crippen molar-refractivity contribution in [3.05, 3.63) is 96.3 Å². The molecule has 0 bridgehead atoms. The molecule has 17 nitrogen and oxygen atoms in total. The van der Waals surface area contributed by atoms with Crippen LogP contribution in [-0.4, -0.2) is 110 Å². The largest absolute Gasteiger partial charge is 0.493 e. The zero-order chi connectivity index (χ0) is 50.2. The second-order valence-corrected chi connectivity index (χ2v) is 19.7. The van der Waals surface area contributed by atoms with Crippen LogP contribution in [-0.2, 0) is 19.1 Å². The molecular weight excluding hydrogens is 910 g/mol. The number of nitrogens with one attached hydrogen (secondary N) is 4. The summed E-state index contributed by atoms with van der Waals surface area (Å²) in [6, 6.07) is 19.7. The van der Waals surface area contributed by atoms with E-state index in [1.807, 2.05) is 76.2 Å². The Morgan fingerprint density at radius 3 is 2.07 bits per heavy atom. The van der Waals surface area contributed by atoms with Crippen LogP contribution in [0.15, 0.2) is 79.1 Å². The van der Waals surface area contributed by atoms with Crippen molar-refractivity contribution in [1.82, 2.24) is 44.9 Å².